The molecule has 202 valence electrons. The minimum absolute atomic E-state index is 0.267. The molecule has 0 aliphatic heterocycles. The van der Waals surface area contributed by atoms with Crippen molar-refractivity contribution in [2.75, 3.05) is 12.1 Å². The summed E-state index contributed by atoms with van der Waals surface area (Å²) < 4.78 is 32.1. The first-order valence-electron chi connectivity index (χ1n) is 11.7. The molecule has 0 saturated heterocycles. The van der Waals surface area contributed by atoms with Crippen LogP contribution in [0.25, 0.3) is 11.2 Å². The number of carbonyl (C=O) groups is 2. The van der Waals surface area contributed by atoms with E-state index in [0.29, 0.717) is 17.7 Å². The average molecular weight is 528 g/mol. The maximum atomic E-state index is 14.0. The van der Waals surface area contributed by atoms with Crippen molar-refractivity contribution in [2.24, 2.45) is 0 Å². The molecule has 2 aromatic rings. The Labute approximate surface area is 211 Å². The second-order valence-electron chi connectivity index (χ2n) is 9.70. The van der Waals surface area contributed by atoms with Gasteiger partial charge in [-0.3, -0.25) is 14.2 Å². The van der Waals surface area contributed by atoms with Gasteiger partial charge in [0.15, 0.2) is 11.5 Å². The van der Waals surface area contributed by atoms with Crippen LogP contribution >= 0.6 is 7.44 Å². The molecule has 0 aliphatic carbocycles. The fraction of sp³-hybridized carbons (Fsp3) is 0.682. The number of aromatic nitrogens is 4. The summed E-state index contributed by atoms with van der Waals surface area (Å²) in [6.07, 6.45) is 1.45. The number of hydrogen-bond donors (Lipinski definition) is 3. The quantitative estimate of drug-likeness (QED) is 0.256. The Hall–Kier alpha value is -2.60. The van der Waals surface area contributed by atoms with Crippen LogP contribution in [0, 0.1) is 0 Å². The average Bonchev–Trinajstić information content (AvgIpc) is 3.15. The van der Waals surface area contributed by atoms with Gasteiger partial charge in [-0.1, -0.05) is 0 Å². The number of fused-ring (bicyclic) bond motifs is 1. The molecule has 3 unspecified atom stereocenters. The highest BCUT2D eigenvalue weighted by Crippen LogP contribution is 2.40. The van der Waals surface area contributed by atoms with Gasteiger partial charge in [0.2, 0.25) is 7.44 Å². The van der Waals surface area contributed by atoms with Crippen molar-refractivity contribution in [1.82, 2.24) is 29.7 Å². The van der Waals surface area contributed by atoms with E-state index in [1.807, 2.05) is 0 Å². The van der Waals surface area contributed by atoms with Crippen LogP contribution in [0.15, 0.2) is 12.7 Å². The number of ether oxygens (including phenoxy) is 3. The van der Waals surface area contributed by atoms with E-state index in [4.69, 9.17) is 19.9 Å². The first kappa shape index (κ1) is 29.6. The van der Waals surface area contributed by atoms with E-state index in [1.54, 1.807) is 59.4 Å². The van der Waals surface area contributed by atoms with E-state index in [-0.39, 0.29) is 24.4 Å². The number of hydrogen-bond acceptors (Lipinski definition) is 10. The minimum Gasteiger partial charge on any atom is -0.462 e. The van der Waals surface area contributed by atoms with Gasteiger partial charge in [-0.25, -0.2) is 25.1 Å². The summed E-state index contributed by atoms with van der Waals surface area (Å²) in [7, 11) is -3.69. The largest absolute Gasteiger partial charge is 0.462 e. The predicted molar refractivity (Wildman–Crippen MR) is 135 cm³/mol. The molecule has 14 heteroatoms. The van der Waals surface area contributed by atoms with Crippen molar-refractivity contribution < 1.29 is 28.4 Å². The summed E-state index contributed by atoms with van der Waals surface area (Å²) in [6, 6.07) is -0.932. The number of imidazole rings is 1. The molecule has 0 saturated carbocycles. The predicted octanol–water partition coefficient (Wildman–Crippen LogP) is 2.21. The lowest BCUT2D eigenvalue weighted by molar-refractivity contribution is -0.153. The summed E-state index contributed by atoms with van der Waals surface area (Å²) in [6.45, 7) is 13.6. The van der Waals surface area contributed by atoms with Gasteiger partial charge in [0.05, 0.1) is 31.2 Å². The van der Waals surface area contributed by atoms with Crippen LogP contribution in [0.2, 0.25) is 0 Å². The standard InChI is InChI=1S/C22H38N7O6P/c1-13(2)34-20(30)16(6)27-36(32,28-22(7,8)21(31)35-14(3)4)12-33-15(5)9-29-11-26-17-18(23)24-10-25-19(17)29/h10-11,13-16H,9,12H2,1-8H3,(H2,23,24,25)(H2,27,28,32). The number of nitrogens with one attached hydrogen (secondary N) is 2. The van der Waals surface area contributed by atoms with Gasteiger partial charge in [0, 0.05) is 0 Å². The molecule has 13 nitrogen and oxygen atoms in total. The highest BCUT2D eigenvalue weighted by Gasteiger charge is 2.39. The molecular weight excluding hydrogens is 489 g/mol. The van der Waals surface area contributed by atoms with Crippen molar-refractivity contribution in [1.29, 1.82) is 0 Å². The normalized spacial score (nSPS) is 15.6. The molecule has 0 spiro atoms. The topological polar surface area (TPSA) is 173 Å². The number of rotatable bonds is 13. The van der Waals surface area contributed by atoms with E-state index >= 15 is 0 Å². The second kappa shape index (κ2) is 12.1. The molecule has 0 aromatic carbocycles. The van der Waals surface area contributed by atoms with Gasteiger partial charge in [-0.05, 0) is 55.4 Å². The molecule has 0 radical (unpaired) electrons. The van der Waals surface area contributed by atoms with E-state index in [0.717, 1.165) is 0 Å². The number of esters is 2. The fourth-order valence-electron chi connectivity index (χ4n) is 3.25. The summed E-state index contributed by atoms with van der Waals surface area (Å²) in [5, 5.41) is 5.64. The first-order valence-corrected chi connectivity index (χ1v) is 13.6. The molecule has 0 aliphatic rings. The molecule has 2 aromatic heterocycles. The van der Waals surface area contributed by atoms with Crippen molar-refractivity contribution in [3.8, 4) is 0 Å². The molecule has 3 atom stereocenters. The Kier molecular flexibility index (Phi) is 9.95. The van der Waals surface area contributed by atoms with Crippen LogP contribution in [-0.4, -0.2) is 67.7 Å². The van der Waals surface area contributed by atoms with Gasteiger partial charge >= 0.3 is 11.9 Å². The Bertz CT molecular complexity index is 1100. The highest BCUT2D eigenvalue weighted by atomic mass is 31.2. The number of carbonyl (C=O) groups excluding carboxylic acids is 2. The lowest BCUT2D eigenvalue weighted by atomic mass is 10.1. The molecular formula is C22H38N7O6P. The Morgan fingerprint density at radius 3 is 2.33 bits per heavy atom. The van der Waals surface area contributed by atoms with Gasteiger partial charge in [0.25, 0.3) is 0 Å². The van der Waals surface area contributed by atoms with Crippen molar-refractivity contribution in [3.63, 3.8) is 0 Å². The number of anilines is 1. The molecule has 0 fully saturated rings. The molecule has 0 amide bonds. The van der Waals surface area contributed by atoms with Gasteiger partial charge < -0.3 is 24.5 Å². The van der Waals surface area contributed by atoms with E-state index < -0.39 is 37.1 Å². The SMILES string of the molecule is CC(C)OC(=O)C(C)NP(=O)(COC(C)Cn1cnc2c(N)ncnc21)NC(C)(C)C(=O)OC(C)C. The number of nitrogen functional groups attached to an aromatic ring is 1. The molecule has 2 heterocycles. The maximum absolute atomic E-state index is 14.0. The summed E-state index contributed by atoms with van der Waals surface area (Å²) in [4.78, 5) is 37.4. The van der Waals surface area contributed by atoms with Crippen molar-refractivity contribution in [3.05, 3.63) is 12.7 Å². The lowest BCUT2D eigenvalue weighted by Crippen LogP contribution is -2.51. The van der Waals surface area contributed by atoms with E-state index in [9.17, 15) is 14.2 Å². The van der Waals surface area contributed by atoms with Crippen LogP contribution in [0.1, 0.15) is 55.4 Å². The highest BCUT2D eigenvalue weighted by molar-refractivity contribution is 7.59. The molecule has 0 bridgehead atoms. The van der Waals surface area contributed by atoms with Crippen molar-refractivity contribution in [2.45, 2.75) is 91.8 Å². The second-order valence-corrected chi connectivity index (χ2v) is 11.9. The number of nitrogens with zero attached hydrogens (tertiary/aromatic N) is 4. The molecule has 36 heavy (non-hydrogen) atoms. The first-order chi connectivity index (χ1) is 16.6. The van der Waals surface area contributed by atoms with Crippen LogP contribution in [0.3, 0.4) is 0 Å². The van der Waals surface area contributed by atoms with E-state index in [2.05, 4.69) is 25.1 Å². The molecule has 2 rings (SSSR count). The van der Waals surface area contributed by atoms with Crippen LogP contribution in [0.5, 0.6) is 0 Å². The van der Waals surface area contributed by atoms with Crippen LogP contribution in [0.4, 0.5) is 5.82 Å². The third-order valence-corrected chi connectivity index (χ3v) is 7.08. The third-order valence-electron chi connectivity index (χ3n) is 4.84. The zero-order valence-corrected chi connectivity index (χ0v) is 23.0. The zero-order chi connectivity index (χ0) is 27.3. The lowest BCUT2D eigenvalue weighted by Gasteiger charge is -2.33. The van der Waals surface area contributed by atoms with Gasteiger partial charge in [0.1, 0.15) is 29.8 Å². The van der Waals surface area contributed by atoms with E-state index in [1.165, 1.54) is 13.3 Å². The summed E-state index contributed by atoms with van der Waals surface area (Å²) >= 11 is 0. The summed E-state index contributed by atoms with van der Waals surface area (Å²) in [5.41, 5.74) is 5.52. The Morgan fingerprint density at radius 1 is 1.08 bits per heavy atom. The zero-order valence-electron chi connectivity index (χ0n) is 22.1. The summed E-state index contributed by atoms with van der Waals surface area (Å²) in [5.74, 6) is -0.903. The van der Waals surface area contributed by atoms with Gasteiger partial charge in [-0.2, -0.15) is 0 Å². The Balaban J connectivity index is 2.18. The van der Waals surface area contributed by atoms with Gasteiger partial charge in [-0.15, -0.1) is 0 Å². The monoisotopic (exact) mass is 527 g/mol. The van der Waals surface area contributed by atoms with Crippen LogP contribution in [-0.2, 0) is 34.9 Å². The third kappa shape index (κ3) is 8.22. The minimum atomic E-state index is -3.69. The fourth-order valence-corrected chi connectivity index (χ4v) is 5.65. The van der Waals surface area contributed by atoms with Crippen molar-refractivity contribution >= 4 is 36.4 Å². The maximum Gasteiger partial charge on any atom is 0.326 e. The number of nitrogens with two attached hydrogens (primary N) is 1. The smallest absolute Gasteiger partial charge is 0.326 e. The Morgan fingerprint density at radius 2 is 1.72 bits per heavy atom. The van der Waals surface area contributed by atoms with Crippen LogP contribution < -0.4 is 15.9 Å². The molecule has 4 N–H and O–H groups in total.